The molecule has 1 aliphatic carbocycles. The van der Waals surface area contributed by atoms with Crippen LogP contribution in [0, 0.1) is 0 Å². The molecular formula is C31H36F3N7O2. The molecule has 1 saturated carbocycles. The standard InChI is InChI=1S/C31H36F3N7O2/c32-31(33,34)22-7-15-37-25(17-22)28(8-1-12-35-19-28)27(42)29(11-16-36-20-29)41-23-5-9-30(43,10-6-23)24-4-3-21(18-40-24)26-38-13-2-14-39-26/h2-4,7,13-15,17-18,23,35-36,41,43H,1,5-6,8-12,16,19-20H2/t23?,28-,29+,30?/m1/s1. The summed E-state index contributed by atoms with van der Waals surface area (Å²) < 4.78 is 40.9. The number of piperidine rings is 1. The molecule has 0 bridgehead atoms. The summed E-state index contributed by atoms with van der Waals surface area (Å²) in [6.07, 6.45) is 5.38. The van der Waals surface area contributed by atoms with E-state index in [2.05, 4.69) is 35.9 Å². The number of carbonyl (C=O) groups excluding carboxylic acids is 1. The van der Waals surface area contributed by atoms with Crippen molar-refractivity contribution in [2.24, 2.45) is 0 Å². The molecule has 9 nitrogen and oxygen atoms in total. The molecule has 5 heterocycles. The first-order chi connectivity index (χ1) is 20.6. The molecule has 0 spiro atoms. The van der Waals surface area contributed by atoms with E-state index in [9.17, 15) is 23.1 Å². The Labute approximate surface area is 248 Å². The molecule has 3 fully saturated rings. The average molecular weight is 596 g/mol. The highest BCUT2D eigenvalue weighted by molar-refractivity contribution is 5.98. The van der Waals surface area contributed by atoms with Gasteiger partial charge in [0.05, 0.1) is 27.9 Å². The van der Waals surface area contributed by atoms with Crippen LogP contribution in [-0.2, 0) is 22.0 Å². The molecule has 0 aromatic carbocycles. The monoisotopic (exact) mass is 595 g/mol. The van der Waals surface area contributed by atoms with Crippen LogP contribution in [0.5, 0.6) is 0 Å². The van der Waals surface area contributed by atoms with Crippen molar-refractivity contribution < 1.29 is 23.1 Å². The number of rotatable bonds is 7. The number of hydrogen-bond acceptors (Lipinski definition) is 9. The number of halogens is 3. The van der Waals surface area contributed by atoms with Gasteiger partial charge >= 0.3 is 6.18 Å². The number of pyridine rings is 2. The van der Waals surface area contributed by atoms with Crippen molar-refractivity contribution in [3.63, 3.8) is 0 Å². The molecule has 2 saturated heterocycles. The summed E-state index contributed by atoms with van der Waals surface area (Å²) in [5, 5.41) is 21.8. The summed E-state index contributed by atoms with van der Waals surface area (Å²) in [6.45, 7) is 1.94. The smallest absolute Gasteiger partial charge is 0.384 e. The number of ketones is 1. The lowest BCUT2D eigenvalue weighted by molar-refractivity contribution is -0.138. The summed E-state index contributed by atoms with van der Waals surface area (Å²) in [5.74, 6) is 0.443. The van der Waals surface area contributed by atoms with Crippen molar-refractivity contribution in [1.29, 1.82) is 0 Å². The molecule has 6 rings (SSSR count). The topological polar surface area (TPSA) is 125 Å². The number of aliphatic hydroxyl groups is 1. The van der Waals surface area contributed by atoms with Gasteiger partial charge in [-0.15, -0.1) is 0 Å². The van der Waals surface area contributed by atoms with Gasteiger partial charge in [0.1, 0.15) is 5.60 Å². The fraction of sp³-hybridized carbons (Fsp3) is 0.516. The Balaban J connectivity index is 1.20. The van der Waals surface area contributed by atoms with Crippen LogP contribution in [0.15, 0.2) is 55.1 Å². The third kappa shape index (κ3) is 5.81. The van der Waals surface area contributed by atoms with Crippen LogP contribution in [0.2, 0.25) is 0 Å². The lowest BCUT2D eigenvalue weighted by Gasteiger charge is -2.45. The third-order valence-electron chi connectivity index (χ3n) is 9.34. The first-order valence-corrected chi connectivity index (χ1v) is 14.9. The van der Waals surface area contributed by atoms with Gasteiger partial charge < -0.3 is 21.1 Å². The molecule has 12 heteroatoms. The van der Waals surface area contributed by atoms with Gasteiger partial charge in [-0.3, -0.25) is 14.8 Å². The Morgan fingerprint density at radius 1 is 0.907 bits per heavy atom. The quantitative estimate of drug-likeness (QED) is 0.326. The molecule has 3 aromatic heterocycles. The summed E-state index contributed by atoms with van der Waals surface area (Å²) in [6, 6.07) is 7.36. The zero-order valence-electron chi connectivity index (χ0n) is 23.8. The lowest BCUT2D eigenvalue weighted by Crippen LogP contribution is -2.66. The molecule has 2 atom stereocenters. The maximum Gasteiger partial charge on any atom is 0.416 e. The summed E-state index contributed by atoms with van der Waals surface area (Å²) in [7, 11) is 0. The molecule has 4 N–H and O–H groups in total. The predicted octanol–water partition coefficient (Wildman–Crippen LogP) is 3.29. The van der Waals surface area contributed by atoms with E-state index in [4.69, 9.17) is 0 Å². The van der Waals surface area contributed by atoms with E-state index in [0.29, 0.717) is 76.1 Å². The number of nitrogens with one attached hydrogen (secondary N) is 3. The number of alkyl halides is 3. The minimum absolute atomic E-state index is 0.0517. The van der Waals surface area contributed by atoms with Gasteiger partial charge in [-0.25, -0.2) is 9.97 Å². The molecule has 43 heavy (non-hydrogen) atoms. The highest BCUT2D eigenvalue weighted by Gasteiger charge is 2.55. The van der Waals surface area contributed by atoms with E-state index in [1.165, 1.54) is 0 Å². The minimum Gasteiger partial charge on any atom is -0.384 e. The van der Waals surface area contributed by atoms with Crippen LogP contribution in [0.3, 0.4) is 0 Å². The summed E-state index contributed by atoms with van der Waals surface area (Å²) in [5.41, 5.74) is -2.52. The lowest BCUT2D eigenvalue weighted by atomic mass is 9.66. The van der Waals surface area contributed by atoms with Crippen molar-refractivity contribution in [3.8, 4) is 11.4 Å². The first-order valence-electron chi connectivity index (χ1n) is 14.9. The molecular weight excluding hydrogens is 559 g/mol. The number of hydrogen-bond donors (Lipinski definition) is 4. The Kier molecular flexibility index (Phi) is 8.05. The zero-order chi connectivity index (χ0) is 30.1. The van der Waals surface area contributed by atoms with Crippen LogP contribution in [0.25, 0.3) is 11.4 Å². The number of aromatic nitrogens is 4. The van der Waals surface area contributed by atoms with Gasteiger partial charge in [0.2, 0.25) is 0 Å². The normalized spacial score (nSPS) is 29.8. The second kappa shape index (κ2) is 11.6. The Morgan fingerprint density at radius 3 is 2.30 bits per heavy atom. The SMILES string of the molecule is O=C([C@]1(NC2CCC(O)(c3ccc(-c4ncccn4)cn3)CC2)CCNC1)[C@]1(c2cc(C(F)(F)F)ccn2)CCCNC1. The fourth-order valence-electron chi connectivity index (χ4n) is 6.97. The fourth-order valence-corrected chi connectivity index (χ4v) is 6.97. The third-order valence-corrected chi connectivity index (χ3v) is 9.34. The van der Waals surface area contributed by atoms with Gasteiger partial charge in [0.15, 0.2) is 11.6 Å². The van der Waals surface area contributed by atoms with Gasteiger partial charge in [-0.05, 0) is 88.4 Å². The van der Waals surface area contributed by atoms with Gasteiger partial charge in [-0.1, -0.05) is 0 Å². The van der Waals surface area contributed by atoms with Gasteiger partial charge in [0.25, 0.3) is 0 Å². The summed E-state index contributed by atoms with van der Waals surface area (Å²) >= 11 is 0. The highest BCUT2D eigenvalue weighted by atomic mass is 19.4. The van der Waals surface area contributed by atoms with Crippen molar-refractivity contribution >= 4 is 5.78 Å². The molecule has 0 unspecified atom stereocenters. The average Bonchev–Trinajstić information content (AvgIpc) is 3.52. The molecule has 2 aliphatic heterocycles. The number of carbonyl (C=O) groups is 1. The molecule has 228 valence electrons. The Hall–Kier alpha value is -3.32. The maximum absolute atomic E-state index is 14.6. The van der Waals surface area contributed by atoms with Crippen LogP contribution in [0.4, 0.5) is 13.2 Å². The Morgan fingerprint density at radius 2 is 1.67 bits per heavy atom. The molecule has 3 aromatic rings. The molecule has 0 radical (unpaired) electrons. The van der Waals surface area contributed by atoms with Crippen LogP contribution < -0.4 is 16.0 Å². The van der Waals surface area contributed by atoms with Crippen molar-refractivity contribution in [1.82, 2.24) is 35.9 Å². The van der Waals surface area contributed by atoms with Gasteiger partial charge in [0, 0.05) is 49.5 Å². The highest BCUT2D eigenvalue weighted by Crippen LogP contribution is 2.41. The van der Waals surface area contributed by atoms with Crippen LogP contribution in [0.1, 0.15) is 61.9 Å². The predicted molar refractivity (Wildman–Crippen MR) is 153 cm³/mol. The Bertz CT molecular complexity index is 1420. The zero-order valence-corrected chi connectivity index (χ0v) is 23.8. The van der Waals surface area contributed by atoms with Crippen molar-refractivity contribution in [2.75, 3.05) is 26.2 Å². The second-order valence-electron chi connectivity index (χ2n) is 12.1. The van der Waals surface area contributed by atoms with Crippen LogP contribution in [-0.4, -0.2) is 68.6 Å². The second-order valence-corrected chi connectivity index (χ2v) is 12.1. The first kappa shape index (κ1) is 29.7. The van der Waals surface area contributed by atoms with E-state index >= 15 is 0 Å². The van der Waals surface area contributed by atoms with E-state index in [1.54, 1.807) is 24.7 Å². The largest absolute Gasteiger partial charge is 0.416 e. The number of Topliss-reactive ketones (excluding diaryl/α,β-unsaturated/α-hetero) is 1. The van der Waals surface area contributed by atoms with Crippen molar-refractivity contribution in [3.05, 3.63) is 72.1 Å². The van der Waals surface area contributed by atoms with E-state index in [-0.39, 0.29) is 24.1 Å². The minimum atomic E-state index is -4.53. The van der Waals surface area contributed by atoms with E-state index < -0.39 is 28.3 Å². The summed E-state index contributed by atoms with van der Waals surface area (Å²) in [4.78, 5) is 32.0. The van der Waals surface area contributed by atoms with Gasteiger partial charge in [-0.2, -0.15) is 13.2 Å². The van der Waals surface area contributed by atoms with Crippen molar-refractivity contribution in [2.45, 2.75) is 73.7 Å². The molecule has 3 aliphatic rings. The van der Waals surface area contributed by atoms with Crippen LogP contribution >= 0.6 is 0 Å². The van der Waals surface area contributed by atoms with E-state index in [1.807, 2.05) is 12.1 Å². The van der Waals surface area contributed by atoms with E-state index in [0.717, 1.165) is 23.9 Å². The number of nitrogens with zero attached hydrogens (tertiary/aromatic N) is 4. The maximum atomic E-state index is 14.6. The molecule has 0 amide bonds.